The van der Waals surface area contributed by atoms with E-state index in [0.29, 0.717) is 23.0 Å². The molecule has 1 aliphatic rings. The molecule has 1 aromatic heterocycles. The van der Waals surface area contributed by atoms with Gasteiger partial charge >= 0.3 is 0 Å². The van der Waals surface area contributed by atoms with Crippen LogP contribution in [0.3, 0.4) is 0 Å². The lowest BCUT2D eigenvalue weighted by molar-refractivity contribution is 0.0699. The molecule has 0 saturated heterocycles. The van der Waals surface area contributed by atoms with Gasteiger partial charge in [0.2, 0.25) is 0 Å². The van der Waals surface area contributed by atoms with E-state index in [4.69, 9.17) is 4.42 Å². The molecule has 2 aromatic rings. The fourth-order valence-electron chi connectivity index (χ4n) is 2.92. The second-order valence-electron chi connectivity index (χ2n) is 5.63. The summed E-state index contributed by atoms with van der Waals surface area (Å²) in [5.74, 6) is -0.524. The molecule has 4 nitrogen and oxygen atoms in total. The van der Waals surface area contributed by atoms with Gasteiger partial charge in [-0.15, -0.1) is 0 Å². The maximum atomic E-state index is 13.3. The number of aliphatic hydroxyl groups is 1. The molecule has 0 bridgehead atoms. The molecule has 112 valence electrons. The average Bonchev–Trinajstić information content (AvgIpc) is 2.79. The Bertz CT molecular complexity index is 679. The van der Waals surface area contributed by atoms with E-state index in [-0.39, 0.29) is 23.5 Å². The number of aryl methyl sites for hydroxylation is 1. The second-order valence-corrected chi connectivity index (χ2v) is 5.63. The average molecular weight is 291 g/mol. The van der Waals surface area contributed by atoms with E-state index < -0.39 is 6.10 Å². The van der Waals surface area contributed by atoms with Gasteiger partial charge in [0, 0.05) is 10.9 Å². The van der Waals surface area contributed by atoms with Gasteiger partial charge in [0.1, 0.15) is 11.4 Å². The summed E-state index contributed by atoms with van der Waals surface area (Å²) in [6.45, 7) is 1.73. The largest absolute Gasteiger partial charge is 0.451 e. The third-order valence-electron chi connectivity index (χ3n) is 4.15. The fraction of sp³-hybridized carbons (Fsp3) is 0.438. The summed E-state index contributed by atoms with van der Waals surface area (Å²) >= 11 is 0. The molecule has 2 N–H and O–H groups in total. The molecule has 21 heavy (non-hydrogen) atoms. The summed E-state index contributed by atoms with van der Waals surface area (Å²) in [4.78, 5) is 12.3. The van der Waals surface area contributed by atoms with Crippen molar-refractivity contribution >= 4 is 16.9 Å². The first-order chi connectivity index (χ1) is 10.1. The van der Waals surface area contributed by atoms with E-state index in [1.165, 1.54) is 18.2 Å². The van der Waals surface area contributed by atoms with Crippen LogP contribution in [0.4, 0.5) is 4.39 Å². The van der Waals surface area contributed by atoms with E-state index in [2.05, 4.69) is 5.32 Å². The van der Waals surface area contributed by atoms with Crippen LogP contribution in [0, 0.1) is 12.7 Å². The van der Waals surface area contributed by atoms with Crippen molar-refractivity contribution in [2.75, 3.05) is 0 Å². The molecule has 1 amide bonds. The topological polar surface area (TPSA) is 62.5 Å². The highest BCUT2D eigenvalue weighted by atomic mass is 19.1. The molecular weight excluding hydrogens is 273 g/mol. The SMILES string of the molecule is Cc1c(C(=O)N[C@H]2CCCC[C@@H]2O)oc2ccc(F)cc12. The van der Waals surface area contributed by atoms with Gasteiger partial charge in [-0.05, 0) is 38.0 Å². The number of nitrogens with one attached hydrogen (secondary N) is 1. The second kappa shape index (κ2) is 5.48. The lowest BCUT2D eigenvalue weighted by Crippen LogP contribution is -2.45. The molecule has 0 spiro atoms. The minimum atomic E-state index is -0.509. The third kappa shape index (κ3) is 2.65. The van der Waals surface area contributed by atoms with Crippen molar-refractivity contribution in [3.05, 3.63) is 35.3 Å². The van der Waals surface area contributed by atoms with Crippen molar-refractivity contribution < 1.29 is 18.7 Å². The van der Waals surface area contributed by atoms with Crippen molar-refractivity contribution in [1.29, 1.82) is 0 Å². The monoisotopic (exact) mass is 291 g/mol. The zero-order valence-corrected chi connectivity index (χ0v) is 11.9. The smallest absolute Gasteiger partial charge is 0.287 e. The van der Waals surface area contributed by atoms with Crippen LogP contribution in [0.15, 0.2) is 22.6 Å². The van der Waals surface area contributed by atoms with E-state index >= 15 is 0 Å². The number of furan rings is 1. The first kappa shape index (κ1) is 14.1. The number of carbonyl (C=O) groups is 1. The Morgan fingerprint density at radius 1 is 1.38 bits per heavy atom. The molecule has 1 aliphatic carbocycles. The summed E-state index contributed by atoms with van der Waals surface area (Å²) < 4.78 is 18.8. The normalized spacial score (nSPS) is 22.4. The van der Waals surface area contributed by atoms with Crippen LogP contribution < -0.4 is 5.32 Å². The van der Waals surface area contributed by atoms with Crippen molar-refractivity contribution in [3.63, 3.8) is 0 Å². The predicted octanol–water partition coefficient (Wildman–Crippen LogP) is 2.91. The fourth-order valence-corrected chi connectivity index (χ4v) is 2.92. The number of aliphatic hydroxyl groups excluding tert-OH is 1. The van der Waals surface area contributed by atoms with Crippen LogP contribution in [0.2, 0.25) is 0 Å². The van der Waals surface area contributed by atoms with Crippen LogP contribution in [0.1, 0.15) is 41.8 Å². The number of hydrogen-bond donors (Lipinski definition) is 2. The lowest BCUT2D eigenvalue weighted by Gasteiger charge is -2.28. The molecule has 0 radical (unpaired) electrons. The first-order valence-electron chi connectivity index (χ1n) is 7.24. The Morgan fingerprint density at radius 3 is 2.90 bits per heavy atom. The number of amides is 1. The number of carbonyl (C=O) groups excluding carboxylic acids is 1. The number of halogens is 1. The zero-order valence-electron chi connectivity index (χ0n) is 11.9. The predicted molar refractivity (Wildman–Crippen MR) is 76.6 cm³/mol. The standard InChI is InChI=1S/C16H18FNO3/c1-9-11-8-10(17)6-7-14(11)21-15(9)16(20)18-12-4-2-3-5-13(12)19/h6-8,12-13,19H,2-5H2,1H3,(H,18,20)/t12-,13-/m0/s1. The number of rotatable bonds is 2. The Hall–Kier alpha value is -1.88. The van der Waals surface area contributed by atoms with Crippen LogP contribution in [-0.2, 0) is 0 Å². The molecule has 1 fully saturated rings. The lowest BCUT2D eigenvalue weighted by atomic mass is 9.92. The van der Waals surface area contributed by atoms with Gasteiger partial charge < -0.3 is 14.8 Å². The summed E-state index contributed by atoms with van der Waals surface area (Å²) in [6.07, 6.45) is 2.93. The van der Waals surface area contributed by atoms with E-state index in [1.54, 1.807) is 6.92 Å². The maximum Gasteiger partial charge on any atom is 0.287 e. The molecule has 1 saturated carbocycles. The van der Waals surface area contributed by atoms with Crippen molar-refractivity contribution in [2.45, 2.75) is 44.8 Å². The van der Waals surface area contributed by atoms with E-state index in [9.17, 15) is 14.3 Å². The molecule has 2 atom stereocenters. The van der Waals surface area contributed by atoms with Gasteiger partial charge in [0.05, 0.1) is 12.1 Å². The Morgan fingerprint density at radius 2 is 2.14 bits per heavy atom. The molecular formula is C16H18FNO3. The highest BCUT2D eigenvalue weighted by molar-refractivity contribution is 5.99. The first-order valence-corrected chi connectivity index (χ1v) is 7.24. The number of fused-ring (bicyclic) bond motifs is 1. The van der Waals surface area contributed by atoms with Gasteiger partial charge in [-0.25, -0.2) is 4.39 Å². The van der Waals surface area contributed by atoms with Crippen LogP contribution >= 0.6 is 0 Å². The Kier molecular flexibility index (Phi) is 3.68. The highest BCUT2D eigenvalue weighted by Crippen LogP contribution is 2.26. The quantitative estimate of drug-likeness (QED) is 0.894. The van der Waals surface area contributed by atoms with Crippen molar-refractivity contribution in [3.8, 4) is 0 Å². The summed E-state index contributed by atoms with van der Waals surface area (Å²) in [6, 6.07) is 3.94. The summed E-state index contributed by atoms with van der Waals surface area (Å²) in [5.41, 5.74) is 1.11. The number of hydrogen-bond acceptors (Lipinski definition) is 3. The van der Waals surface area contributed by atoms with Gasteiger partial charge in [0.25, 0.3) is 5.91 Å². The molecule has 1 heterocycles. The van der Waals surface area contributed by atoms with E-state index in [1.807, 2.05) is 0 Å². The molecule has 0 aliphatic heterocycles. The molecule has 1 aromatic carbocycles. The van der Waals surface area contributed by atoms with Crippen LogP contribution in [0.25, 0.3) is 11.0 Å². The number of benzene rings is 1. The summed E-state index contributed by atoms with van der Waals surface area (Å²) in [5, 5.41) is 13.3. The van der Waals surface area contributed by atoms with Gasteiger partial charge in [-0.3, -0.25) is 4.79 Å². The van der Waals surface area contributed by atoms with Gasteiger partial charge in [0.15, 0.2) is 5.76 Å². The van der Waals surface area contributed by atoms with Crippen molar-refractivity contribution in [1.82, 2.24) is 5.32 Å². The highest BCUT2D eigenvalue weighted by Gasteiger charge is 2.27. The minimum absolute atomic E-state index is 0.188. The molecule has 0 unspecified atom stereocenters. The van der Waals surface area contributed by atoms with Crippen LogP contribution in [-0.4, -0.2) is 23.2 Å². The van der Waals surface area contributed by atoms with Gasteiger partial charge in [-0.2, -0.15) is 0 Å². The molecule has 5 heteroatoms. The molecule has 3 rings (SSSR count). The maximum absolute atomic E-state index is 13.3. The third-order valence-corrected chi connectivity index (χ3v) is 4.15. The summed E-state index contributed by atoms with van der Waals surface area (Å²) in [7, 11) is 0. The van der Waals surface area contributed by atoms with Crippen LogP contribution in [0.5, 0.6) is 0 Å². The Balaban J connectivity index is 1.86. The Labute approximate surface area is 121 Å². The van der Waals surface area contributed by atoms with E-state index in [0.717, 1.165) is 19.3 Å². The minimum Gasteiger partial charge on any atom is -0.451 e. The van der Waals surface area contributed by atoms with Crippen molar-refractivity contribution in [2.24, 2.45) is 0 Å². The zero-order chi connectivity index (χ0) is 15.0. The van der Waals surface area contributed by atoms with Gasteiger partial charge in [-0.1, -0.05) is 12.8 Å².